The Hall–Kier alpha value is -3.19. The van der Waals surface area contributed by atoms with E-state index in [1.54, 1.807) is 0 Å². The molecule has 0 bridgehead atoms. The number of hydrogen-bond acceptors (Lipinski definition) is 6. The van der Waals surface area contributed by atoms with E-state index < -0.39 is 0 Å². The van der Waals surface area contributed by atoms with E-state index in [0.717, 1.165) is 30.0 Å². The predicted octanol–water partition coefficient (Wildman–Crippen LogP) is 3.14. The zero-order valence-electron chi connectivity index (χ0n) is 15.5. The summed E-state index contributed by atoms with van der Waals surface area (Å²) in [6, 6.07) is 17.4. The number of ether oxygens (including phenoxy) is 1. The van der Waals surface area contributed by atoms with Crippen LogP contribution in [0.4, 0.5) is 11.4 Å². The molecule has 3 aromatic rings. The van der Waals surface area contributed by atoms with E-state index >= 15 is 0 Å². The van der Waals surface area contributed by atoms with Crippen LogP contribution in [-0.2, 0) is 16.0 Å². The molecule has 4 rings (SSSR count). The molecule has 7 nitrogen and oxygen atoms in total. The van der Waals surface area contributed by atoms with Gasteiger partial charge in [0.25, 0.3) is 0 Å². The van der Waals surface area contributed by atoms with Crippen molar-refractivity contribution in [1.29, 1.82) is 0 Å². The molecular formula is C21H22N4O3. The summed E-state index contributed by atoms with van der Waals surface area (Å²) in [6.07, 6.45) is 0.666. The molecule has 1 amide bonds. The van der Waals surface area contributed by atoms with Crippen molar-refractivity contribution in [2.45, 2.75) is 12.8 Å². The fraction of sp³-hybridized carbons (Fsp3) is 0.286. The lowest BCUT2D eigenvalue weighted by Gasteiger charge is -2.30. The van der Waals surface area contributed by atoms with Crippen LogP contribution in [-0.4, -0.2) is 42.4 Å². The van der Waals surface area contributed by atoms with Crippen LogP contribution < -0.4 is 10.2 Å². The minimum Gasteiger partial charge on any atom is -0.421 e. The van der Waals surface area contributed by atoms with Crippen LogP contribution in [0.15, 0.2) is 59.0 Å². The van der Waals surface area contributed by atoms with Crippen LogP contribution in [0.2, 0.25) is 0 Å². The zero-order valence-corrected chi connectivity index (χ0v) is 15.5. The summed E-state index contributed by atoms with van der Waals surface area (Å²) in [5.41, 5.74) is 2.69. The maximum atomic E-state index is 12.5. The molecule has 1 fully saturated rings. The molecule has 7 heteroatoms. The fourth-order valence-electron chi connectivity index (χ4n) is 3.14. The number of nitrogens with one attached hydrogen (secondary N) is 1. The SMILES string of the molecule is O=C(CCc1nnc(-c2ccccc2)o1)Nc1ccccc1N1CCOCC1. The van der Waals surface area contributed by atoms with Crippen molar-refractivity contribution >= 4 is 17.3 Å². The Morgan fingerprint density at radius 3 is 2.57 bits per heavy atom. The number of nitrogens with zero attached hydrogens (tertiary/aromatic N) is 3. The van der Waals surface area contributed by atoms with Gasteiger partial charge in [-0.3, -0.25) is 4.79 Å². The molecular weight excluding hydrogens is 356 g/mol. The lowest BCUT2D eigenvalue weighted by Crippen LogP contribution is -2.36. The van der Waals surface area contributed by atoms with Crippen LogP contribution in [0, 0.1) is 0 Å². The Morgan fingerprint density at radius 1 is 1.00 bits per heavy atom. The minimum atomic E-state index is -0.0832. The summed E-state index contributed by atoms with van der Waals surface area (Å²) in [5.74, 6) is 0.837. The number of hydrogen-bond donors (Lipinski definition) is 1. The normalized spacial score (nSPS) is 14.1. The van der Waals surface area contributed by atoms with Gasteiger partial charge in [-0.2, -0.15) is 0 Å². The lowest BCUT2D eigenvalue weighted by molar-refractivity contribution is -0.116. The average Bonchev–Trinajstić information content (AvgIpc) is 3.23. The van der Waals surface area contributed by atoms with E-state index in [9.17, 15) is 4.79 Å². The van der Waals surface area contributed by atoms with Gasteiger partial charge in [-0.1, -0.05) is 30.3 Å². The van der Waals surface area contributed by atoms with Crippen LogP contribution in [0.1, 0.15) is 12.3 Å². The highest BCUT2D eigenvalue weighted by atomic mass is 16.5. The van der Waals surface area contributed by atoms with Crippen LogP contribution in [0.25, 0.3) is 11.5 Å². The second-order valence-corrected chi connectivity index (χ2v) is 6.53. The highest BCUT2D eigenvalue weighted by Gasteiger charge is 2.16. The molecule has 28 heavy (non-hydrogen) atoms. The van der Waals surface area contributed by atoms with Crippen molar-refractivity contribution < 1.29 is 13.9 Å². The predicted molar refractivity (Wildman–Crippen MR) is 106 cm³/mol. The molecule has 1 saturated heterocycles. The smallest absolute Gasteiger partial charge is 0.247 e. The first-order chi connectivity index (χ1) is 13.8. The molecule has 1 aromatic heterocycles. The number of amides is 1. The molecule has 0 unspecified atom stereocenters. The number of carbonyl (C=O) groups is 1. The van der Waals surface area contributed by atoms with Crippen molar-refractivity contribution in [3.8, 4) is 11.5 Å². The molecule has 0 spiro atoms. The molecule has 1 N–H and O–H groups in total. The van der Waals surface area contributed by atoms with E-state index in [4.69, 9.17) is 9.15 Å². The largest absolute Gasteiger partial charge is 0.421 e. The molecule has 0 atom stereocenters. The van der Waals surface area contributed by atoms with E-state index in [2.05, 4.69) is 20.4 Å². The van der Waals surface area contributed by atoms with Crippen molar-refractivity contribution in [3.05, 3.63) is 60.5 Å². The van der Waals surface area contributed by atoms with E-state index in [0.29, 0.717) is 31.4 Å². The van der Waals surface area contributed by atoms with Crippen molar-refractivity contribution in [1.82, 2.24) is 10.2 Å². The van der Waals surface area contributed by atoms with Gasteiger partial charge in [-0.25, -0.2) is 0 Å². The minimum absolute atomic E-state index is 0.0832. The van der Waals surface area contributed by atoms with Gasteiger partial charge in [0, 0.05) is 31.5 Å². The first kappa shape index (κ1) is 18.2. The number of benzene rings is 2. The van der Waals surface area contributed by atoms with Crippen LogP contribution in [0.3, 0.4) is 0 Å². The maximum Gasteiger partial charge on any atom is 0.247 e. The lowest BCUT2D eigenvalue weighted by atomic mass is 10.2. The summed E-state index contributed by atoms with van der Waals surface area (Å²) < 4.78 is 11.1. The average molecular weight is 378 g/mol. The summed E-state index contributed by atoms with van der Waals surface area (Å²) in [4.78, 5) is 14.7. The molecule has 1 aliphatic rings. The number of morpholine rings is 1. The topological polar surface area (TPSA) is 80.5 Å². The number of aromatic nitrogens is 2. The Bertz CT molecular complexity index is 920. The summed E-state index contributed by atoms with van der Waals surface area (Å²) >= 11 is 0. The molecule has 2 heterocycles. The van der Waals surface area contributed by atoms with Gasteiger partial charge in [0.2, 0.25) is 17.7 Å². The van der Waals surface area contributed by atoms with Gasteiger partial charge in [0.05, 0.1) is 24.6 Å². The van der Waals surface area contributed by atoms with Gasteiger partial charge >= 0.3 is 0 Å². The van der Waals surface area contributed by atoms with E-state index in [1.165, 1.54) is 0 Å². The third-order valence-corrected chi connectivity index (χ3v) is 4.58. The molecule has 1 aliphatic heterocycles. The fourth-order valence-corrected chi connectivity index (χ4v) is 3.14. The number of rotatable bonds is 6. The summed E-state index contributed by atoms with van der Waals surface area (Å²) in [6.45, 7) is 3.03. The first-order valence-electron chi connectivity index (χ1n) is 9.39. The second-order valence-electron chi connectivity index (χ2n) is 6.53. The highest BCUT2D eigenvalue weighted by Crippen LogP contribution is 2.26. The molecule has 2 aromatic carbocycles. The monoisotopic (exact) mass is 378 g/mol. The van der Waals surface area contributed by atoms with Crippen LogP contribution in [0.5, 0.6) is 0 Å². The van der Waals surface area contributed by atoms with Gasteiger partial charge in [-0.05, 0) is 24.3 Å². The third-order valence-electron chi connectivity index (χ3n) is 4.58. The highest BCUT2D eigenvalue weighted by molar-refractivity contribution is 5.94. The van der Waals surface area contributed by atoms with Gasteiger partial charge in [0.1, 0.15) is 0 Å². The number of para-hydroxylation sites is 2. The van der Waals surface area contributed by atoms with Crippen molar-refractivity contribution in [2.24, 2.45) is 0 Å². The number of carbonyl (C=O) groups excluding carboxylic acids is 1. The maximum absolute atomic E-state index is 12.5. The van der Waals surface area contributed by atoms with Crippen LogP contribution >= 0.6 is 0 Å². The van der Waals surface area contributed by atoms with E-state index in [1.807, 2.05) is 54.6 Å². The van der Waals surface area contributed by atoms with Crippen molar-refractivity contribution in [3.63, 3.8) is 0 Å². The Labute approximate surface area is 163 Å². The quantitative estimate of drug-likeness (QED) is 0.710. The molecule has 0 aliphatic carbocycles. The number of aryl methyl sites for hydroxylation is 1. The number of anilines is 2. The molecule has 144 valence electrons. The first-order valence-corrected chi connectivity index (χ1v) is 9.39. The standard InChI is InChI=1S/C21H22N4O3/c26-19(10-11-20-23-24-21(28-20)16-6-2-1-3-7-16)22-17-8-4-5-9-18(17)25-12-14-27-15-13-25/h1-9H,10-15H2,(H,22,26). The van der Waals surface area contributed by atoms with Gasteiger partial charge < -0.3 is 19.4 Å². The van der Waals surface area contributed by atoms with E-state index in [-0.39, 0.29) is 12.3 Å². The van der Waals surface area contributed by atoms with Crippen molar-refractivity contribution in [2.75, 3.05) is 36.5 Å². The third kappa shape index (κ3) is 4.37. The summed E-state index contributed by atoms with van der Waals surface area (Å²) in [5, 5.41) is 11.1. The Kier molecular flexibility index (Phi) is 5.63. The zero-order chi connectivity index (χ0) is 19.2. The second kappa shape index (κ2) is 8.67. The summed E-state index contributed by atoms with van der Waals surface area (Å²) in [7, 11) is 0. The Balaban J connectivity index is 1.36. The van der Waals surface area contributed by atoms with Gasteiger partial charge in [-0.15, -0.1) is 10.2 Å². The molecule has 0 saturated carbocycles. The molecule has 0 radical (unpaired) electrons. The Morgan fingerprint density at radius 2 is 1.75 bits per heavy atom. The van der Waals surface area contributed by atoms with Gasteiger partial charge in [0.15, 0.2) is 0 Å².